The maximum atomic E-state index is 13.3. The third kappa shape index (κ3) is 3.42. The number of amides is 1. The van der Waals surface area contributed by atoms with Crippen LogP contribution in [-0.4, -0.2) is 72.6 Å². The van der Waals surface area contributed by atoms with Crippen LogP contribution in [0.15, 0.2) is 23.4 Å². The summed E-state index contributed by atoms with van der Waals surface area (Å²) in [6.07, 6.45) is 2.15. The number of fused-ring (bicyclic) bond motifs is 1. The number of carbonyl (C=O) groups is 3. The fourth-order valence-electron chi connectivity index (χ4n) is 5.19. The zero-order valence-corrected chi connectivity index (χ0v) is 18.6. The molecule has 0 aromatic heterocycles. The summed E-state index contributed by atoms with van der Waals surface area (Å²) in [5, 5.41) is 0. The van der Waals surface area contributed by atoms with Crippen molar-refractivity contribution < 1.29 is 28.6 Å². The highest BCUT2D eigenvalue weighted by molar-refractivity contribution is 5.95. The van der Waals surface area contributed by atoms with E-state index in [0.29, 0.717) is 49.4 Å². The SMILES string of the molecule is CC1=C(N2CCOC3(CCN(CCc4ccc5c(c4C)COC5=O)CC3)C2=O)COC1=O. The second-order valence-electron chi connectivity index (χ2n) is 8.99. The van der Waals surface area contributed by atoms with Crippen molar-refractivity contribution in [1.29, 1.82) is 0 Å². The van der Waals surface area contributed by atoms with Gasteiger partial charge in [0.05, 0.1) is 23.4 Å². The van der Waals surface area contributed by atoms with Gasteiger partial charge in [0.1, 0.15) is 18.8 Å². The Balaban J connectivity index is 1.21. The fraction of sp³-hybridized carbons (Fsp3) is 0.542. The largest absolute Gasteiger partial charge is 0.457 e. The molecule has 0 atom stereocenters. The normalized spacial score (nSPS) is 23.1. The standard InChI is InChI=1S/C24H28N2O6/c1-15-17(3-4-18-19(15)13-30-22(18)28)5-8-25-9-6-24(7-10-25)23(29)26(11-12-32-24)20-14-31-21(27)16(20)2/h3-4H,5-14H2,1-2H3. The number of carbonyl (C=O) groups excluding carboxylic acids is 3. The van der Waals surface area contributed by atoms with Gasteiger partial charge in [-0.2, -0.15) is 0 Å². The molecule has 2 saturated heterocycles. The van der Waals surface area contributed by atoms with E-state index in [1.54, 1.807) is 11.8 Å². The zero-order valence-electron chi connectivity index (χ0n) is 18.6. The van der Waals surface area contributed by atoms with Crippen molar-refractivity contribution in [3.63, 3.8) is 0 Å². The Morgan fingerprint density at radius 3 is 2.44 bits per heavy atom. The van der Waals surface area contributed by atoms with Gasteiger partial charge in [-0.05, 0) is 50.3 Å². The molecule has 0 radical (unpaired) electrons. The first kappa shape index (κ1) is 21.2. The number of piperidine rings is 1. The van der Waals surface area contributed by atoms with Crippen LogP contribution in [0.2, 0.25) is 0 Å². The Morgan fingerprint density at radius 1 is 0.969 bits per heavy atom. The maximum absolute atomic E-state index is 13.3. The summed E-state index contributed by atoms with van der Waals surface area (Å²) in [6.45, 7) is 7.65. The first-order chi connectivity index (χ1) is 15.4. The number of esters is 2. The Kier molecular flexibility index (Phi) is 5.29. The molecule has 4 aliphatic rings. The third-order valence-electron chi connectivity index (χ3n) is 7.37. The lowest BCUT2D eigenvalue weighted by Crippen LogP contribution is -2.60. The molecule has 1 amide bonds. The summed E-state index contributed by atoms with van der Waals surface area (Å²) in [5.41, 5.74) is 4.44. The number of rotatable bonds is 4. The molecule has 32 heavy (non-hydrogen) atoms. The van der Waals surface area contributed by atoms with Gasteiger partial charge in [0.2, 0.25) is 0 Å². The van der Waals surface area contributed by atoms with Crippen LogP contribution in [0.25, 0.3) is 0 Å². The van der Waals surface area contributed by atoms with E-state index in [1.807, 2.05) is 12.1 Å². The number of hydrogen-bond donors (Lipinski definition) is 0. The van der Waals surface area contributed by atoms with Crippen molar-refractivity contribution in [2.75, 3.05) is 39.4 Å². The van der Waals surface area contributed by atoms with E-state index in [-0.39, 0.29) is 24.5 Å². The van der Waals surface area contributed by atoms with E-state index in [2.05, 4.69) is 11.8 Å². The molecule has 1 aromatic rings. The van der Waals surface area contributed by atoms with Gasteiger partial charge in [0.25, 0.3) is 5.91 Å². The van der Waals surface area contributed by atoms with Crippen LogP contribution >= 0.6 is 0 Å². The summed E-state index contributed by atoms with van der Waals surface area (Å²) in [4.78, 5) is 40.9. The second kappa shape index (κ2) is 8.01. The molecule has 4 aliphatic heterocycles. The molecule has 1 spiro atoms. The highest BCUT2D eigenvalue weighted by Gasteiger charge is 2.49. The Labute approximate surface area is 187 Å². The molecular weight excluding hydrogens is 412 g/mol. The van der Waals surface area contributed by atoms with E-state index in [4.69, 9.17) is 14.2 Å². The fourth-order valence-corrected chi connectivity index (χ4v) is 5.19. The Morgan fingerprint density at radius 2 is 1.72 bits per heavy atom. The van der Waals surface area contributed by atoms with Crippen LogP contribution in [0.4, 0.5) is 0 Å². The molecule has 8 heteroatoms. The van der Waals surface area contributed by atoms with Gasteiger partial charge in [0, 0.05) is 31.7 Å². The minimum atomic E-state index is -0.811. The average Bonchev–Trinajstić information content (AvgIpc) is 3.34. The van der Waals surface area contributed by atoms with Crippen LogP contribution in [0, 0.1) is 6.92 Å². The summed E-state index contributed by atoms with van der Waals surface area (Å²) in [5.74, 6) is -0.627. The van der Waals surface area contributed by atoms with Crippen LogP contribution in [0.5, 0.6) is 0 Å². The number of cyclic esters (lactones) is 2. The van der Waals surface area contributed by atoms with E-state index >= 15 is 0 Å². The van der Waals surface area contributed by atoms with Gasteiger partial charge < -0.3 is 24.0 Å². The second-order valence-corrected chi connectivity index (χ2v) is 8.99. The molecule has 170 valence electrons. The Hall–Kier alpha value is -2.71. The number of benzene rings is 1. The van der Waals surface area contributed by atoms with Crippen molar-refractivity contribution in [3.05, 3.63) is 45.7 Å². The van der Waals surface area contributed by atoms with E-state index in [0.717, 1.165) is 37.2 Å². The summed E-state index contributed by atoms with van der Waals surface area (Å²) >= 11 is 0. The lowest BCUT2D eigenvalue weighted by atomic mass is 9.87. The van der Waals surface area contributed by atoms with Gasteiger partial charge >= 0.3 is 11.9 Å². The predicted molar refractivity (Wildman–Crippen MR) is 114 cm³/mol. The molecule has 0 N–H and O–H groups in total. The zero-order chi connectivity index (χ0) is 22.5. The van der Waals surface area contributed by atoms with Crippen LogP contribution in [0.1, 0.15) is 46.8 Å². The van der Waals surface area contributed by atoms with Crippen molar-refractivity contribution in [2.24, 2.45) is 0 Å². The molecule has 0 unspecified atom stereocenters. The summed E-state index contributed by atoms with van der Waals surface area (Å²) < 4.78 is 16.3. The first-order valence-corrected chi connectivity index (χ1v) is 11.2. The van der Waals surface area contributed by atoms with Crippen LogP contribution in [0.3, 0.4) is 0 Å². The van der Waals surface area contributed by atoms with Crippen LogP contribution in [-0.2, 0) is 36.8 Å². The van der Waals surface area contributed by atoms with Crippen molar-refractivity contribution in [1.82, 2.24) is 9.80 Å². The molecule has 5 rings (SSSR count). The van der Waals surface area contributed by atoms with Crippen molar-refractivity contribution in [3.8, 4) is 0 Å². The van der Waals surface area contributed by atoms with Crippen molar-refractivity contribution in [2.45, 2.75) is 45.3 Å². The smallest absolute Gasteiger partial charge is 0.338 e. The van der Waals surface area contributed by atoms with E-state index in [9.17, 15) is 14.4 Å². The Bertz CT molecular complexity index is 1020. The molecule has 0 saturated carbocycles. The predicted octanol–water partition coefficient (Wildman–Crippen LogP) is 1.73. The molecule has 8 nitrogen and oxygen atoms in total. The number of likely N-dealkylation sites (tertiary alicyclic amines) is 1. The first-order valence-electron chi connectivity index (χ1n) is 11.2. The average molecular weight is 440 g/mol. The van der Waals surface area contributed by atoms with E-state index < -0.39 is 5.60 Å². The monoisotopic (exact) mass is 440 g/mol. The minimum Gasteiger partial charge on any atom is -0.457 e. The molecular formula is C24H28N2O6. The number of morpholine rings is 1. The van der Waals surface area contributed by atoms with Gasteiger partial charge in [0.15, 0.2) is 0 Å². The maximum Gasteiger partial charge on any atom is 0.338 e. The quantitative estimate of drug-likeness (QED) is 0.659. The lowest BCUT2D eigenvalue weighted by molar-refractivity contribution is -0.177. The number of hydrogen-bond acceptors (Lipinski definition) is 7. The molecule has 0 aliphatic carbocycles. The topological polar surface area (TPSA) is 85.4 Å². The summed E-state index contributed by atoms with van der Waals surface area (Å²) in [6, 6.07) is 3.90. The van der Waals surface area contributed by atoms with E-state index in [1.165, 1.54) is 5.56 Å². The highest BCUT2D eigenvalue weighted by Crippen LogP contribution is 2.34. The van der Waals surface area contributed by atoms with Crippen molar-refractivity contribution >= 4 is 17.8 Å². The molecule has 1 aromatic carbocycles. The van der Waals surface area contributed by atoms with Gasteiger partial charge in [-0.25, -0.2) is 9.59 Å². The van der Waals surface area contributed by atoms with Gasteiger partial charge in [-0.3, -0.25) is 4.79 Å². The molecule has 0 bridgehead atoms. The third-order valence-corrected chi connectivity index (χ3v) is 7.37. The molecule has 4 heterocycles. The summed E-state index contributed by atoms with van der Waals surface area (Å²) in [7, 11) is 0. The molecule has 2 fully saturated rings. The number of ether oxygens (including phenoxy) is 3. The van der Waals surface area contributed by atoms with Gasteiger partial charge in [-0.15, -0.1) is 0 Å². The lowest BCUT2D eigenvalue weighted by Gasteiger charge is -2.46. The van der Waals surface area contributed by atoms with Gasteiger partial charge in [-0.1, -0.05) is 6.07 Å². The van der Waals surface area contributed by atoms with Crippen LogP contribution < -0.4 is 0 Å². The highest BCUT2D eigenvalue weighted by atomic mass is 16.5. The minimum absolute atomic E-state index is 0.0461. The number of nitrogens with zero attached hydrogens (tertiary/aromatic N) is 2.